The molecule has 0 bridgehead atoms. The van der Waals surface area contributed by atoms with Crippen molar-refractivity contribution in [1.29, 1.82) is 0 Å². The van der Waals surface area contributed by atoms with Gasteiger partial charge >= 0.3 is 0 Å². The van der Waals surface area contributed by atoms with Gasteiger partial charge in [-0.3, -0.25) is 9.59 Å². The van der Waals surface area contributed by atoms with Crippen LogP contribution in [0.3, 0.4) is 0 Å². The summed E-state index contributed by atoms with van der Waals surface area (Å²) >= 11 is 3.35. The number of halogens is 1. The number of nitrogens with two attached hydrogens (primary N) is 1. The SMILES string of the molecule is CC(=O)O.CCc1cccc(C(=O)c2ccc(Br)cc2)c1N. The molecule has 0 saturated carbocycles. The third-order valence-electron chi connectivity index (χ3n) is 2.93. The van der Waals surface area contributed by atoms with Crippen LogP contribution >= 0.6 is 15.9 Å². The molecule has 0 aromatic heterocycles. The van der Waals surface area contributed by atoms with E-state index in [4.69, 9.17) is 15.6 Å². The Balaban J connectivity index is 0.000000541. The second-order valence-corrected chi connectivity index (χ2v) is 5.50. The Morgan fingerprint density at radius 2 is 1.68 bits per heavy atom. The molecule has 22 heavy (non-hydrogen) atoms. The molecule has 0 aliphatic heterocycles. The van der Waals surface area contributed by atoms with E-state index in [1.165, 1.54) is 0 Å². The van der Waals surface area contributed by atoms with E-state index in [0.29, 0.717) is 16.8 Å². The minimum Gasteiger partial charge on any atom is -0.481 e. The van der Waals surface area contributed by atoms with Gasteiger partial charge in [0.2, 0.25) is 0 Å². The first-order valence-electron chi connectivity index (χ1n) is 6.74. The summed E-state index contributed by atoms with van der Waals surface area (Å²) < 4.78 is 0.953. The predicted octanol–water partition coefficient (Wildman–Crippen LogP) is 3.92. The van der Waals surface area contributed by atoms with Gasteiger partial charge < -0.3 is 10.8 Å². The molecule has 0 atom stereocenters. The first-order valence-corrected chi connectivity index (χ1v) is 7.53. The Bertz CT molecular complexity index is 662. The molecule has 5 heteroatoms. The second kappa shape index (κ2) is 8.34. The van der Waals surface area contributed by atoms with Gasteiger partial charge in [-0.15, -0.1) is 0 Å². The molecule has 0 unspecified atom stereocenters. The van der Waals surface area contributed by atoms with Crippen LogP contribution in [-0.2, 0) is 11.2 Å². The smallest absolute Gasteiger partial charge is 0.300 e. The third-order valence-corrected chi connectivity index (χ3v) is 3.46. The van der Waals surface area contributed by atoms with Crippen molar-refractivity contribution in [1.82, 2.24) is 0 Å². The van der Waals surface area contributed by atoms with Crippen LogP contribution in [0.5, 0.6) is 0 Å². The number of carboxylic acid groups (broad SMARTS) is 1. The van der Waals surface area contributed by atoms with Gasteiger partial charge in [-0.1, -0.05) is 35.0 Å². The lowest BCUT2D eigenvalue weighted by Crippen LogP contribution is -2.07. The maximum absolute atomic E-state index is 12.4. The lowest BCUT2D eigenvalue weighted by molar-refractivity contribution is -0.134. The quantitative estimate of drug-likeness (QED) is 0.639. The van der Waals surface area contributed by atoms with Crippen LogP contribution in [-0.4, -0.2) is 16.9 Å². The van der Waals surface area contributed by atoms with Gasteiger partial charge in [-0.25, -0.2) is 0 Å². The van der Waals surface area contributed by atoms with Crippen molar-refractivity contribution in [3.8, 4) is 0 Å². The van der Waals surface area contributed by atoms with Crippen molar-refractivity contribution < 1.29 is 14.7 Å². The van der Waals surface area contributed by atoms with Crippen molar-refractivity contribution in [2.45, 2.75) is 20.3 Å². The topological polar surface area (TPSA) is 80.4 Å². The number of aliphatic carboxylic acids is 1. The van der Waals surface area contributed by atoms with Gasteiger partial charge in [0.05, 0.1) is 0 Å². The molecule has 0 aliphatic carbocycles. The summed E-state index contributed by atoms with van der Waals surface area (Å²) in [7, 11) is 0. The summed E-state index contributed by atoms with van der Waals surface area (Å²) in [5, 5.41) is 7.42. The molecule has 0 heterocycles. The van der Waals surface area contributed by atoms with Crippen LogP contribution in [0.15, 0.2) is 46.9 Å². The zero-order valence-corrected chi connectivity index (χ0v) is 14.1. The van der Waals surface area contributed by atoms with Gasteiger partial charge in [0, 0.05) is 28.2 Å². The number of anilines is 1. The first kappa shape index (κ1) is 17.9. The molecule has 116 valence electrons. The number of ketones is 1. The molecular weight excluding hydrogens is 346 g/mol. The monoisotopic (exact) mass is 363 g/mol. The maximum atomic E-state index is 12.4. The minimum atomic E-state index is -0.833. The number of para-hydroxylation sites is 1. The van der Waals surface area contributed by atoms with E-state index in [1.807, 2.05) is 31.2 Å². The number of hydrogen-bond acceptors (Lipinski definition) is 3. The molecule has 0 aliphatic rings. The Labute approximate surface area is 138 Å². The number of rotatable bonds is 3. The molecule has 4 nitrogen and oxygen atoms in total. The van der Waals surface area contributed by atoms with Crippen LogP contribution in [0.2, 0.25) is 0 Å². The van der Waals surface area contributed by atoms with Crippen molar-refractivity contribution in [3.05, 3.63) is 63.6 Å². The van der Waals surface area contributed by atoms with Crippen LogP contribution in [0.4, 0.5) is 5.69 Å². The van der Waals surface area contributed by atoms with Gasteiger partial charge in [-0.2, -0.15) is 0 Å². The summed E-state index contributed by atoms with van der Waals surface area (Å²) in [4.78, 5) is 21.4. The average molecular weight is 364 g/mol. The summed E-state index contributed by atoms with van der Waals surface area (Å²) in [5.74, 6) is -0.865. The predicted molar refractivity (Wildman–Crippen MR) is 91.1 cm³/mol. The summed E-state index contributed by atoms with van der Waals surface area (Å²) in [6, 6.07) is 12.9. The molecule has 0 spiro atoms. The highest BCUT2D eigenvalue weighted by Crippen LogP contribution is 2.22. The molecule has 2 rings (SSSR count). The van der Waals surface area contributed by atoms with E-state index in [1.54, 1.807) is 18.2 Å². The number of nitrogen functional groups attached to an aromatic ring is 1. The van der Waals surface area contributed by atoms with Gasteiger partial charge in [0.25, 0.3) is 5.97 Å². The maximum Gasteiger partial charge on any atom is 0.300 e. The molecule has 0 saturated heterocycles. The molecule has 0 amide bonds. The third kappa shape index (κ3) is 5.00. The molecule has 0 fully saturated rings. The van der Waals surface area contributed by atoms with E-state index in [-0.39, 0.29) is 5.78 Å². The van der Waals surface area contributed by atoms with Crippen LogP contribution in [0.25, 0.3) is 0 Å². The van der Waals surface area contributed by atoms with Gasteiger partial charge in [0.1, 0.15) is 0 Å². The first-order chi connectivity index (χ1) is 10.4. The Morgan fingerprint density at radius 1 is 1.14 bits per heavy atom. The van der Waals surface area contributed by atoms with Crippen molar-refractivity contribution in [2.75, 3.05) is 5.73 Å². The summed E-state index contributed by atoms with van der Waals surface area (Å²) in [6.45, 7) is 3.11. The van der Waals surface area contributed by atoms with E-state index in [2.05, 4.69) is 15.9 Å². The van der Waals surface area contributed by atoms with Crippen LogP contribution in [0.1, 0.15) is 35.3 Å². The molecule has 2 aromatic rings. The Kier molecular flexibility index (Phi) is 6.79. The van der Waals surface area contributed by atoms with Crippen molar-refractivity contribution >= 4 is 33.4 Å². The highest BCUT2D eigenvalue weighted by atomic mass is 79.9. The summed E-state index contributed by atoms with van der Waals surface area (Å²) in [6.07, 6.45) is 0.827. The zero-order valence-electron chi connectivity index (χ0n) is 12.5. The number of aryl methyl sites for hydroxylation is 1. The summed E-state index contributed by atoms with van der Waals surface area (Å²) in [5.41, 5.74) is 8.87. The van der Waals surface area contributed by atoms with Crippen molar-refractivity contribution in [2.24, 2.45) is 0 Å². The number of carboxylic acids is 1. The Hall–Kier alpha value is -2.14. The van der Waals surface area contributed by atoms with Crippen molar-refractivity contribution in [3.63, 3.8) is 0 Å². The van der Waals surface area contributed by atoms with Gasteiger partial charge in [0.15, 0.2) is 5.78 Å². The fourth-order valence-corrected chi connectivity index (χ4v) is 2.14. The molecule has 2 aromatic carbocycles. The molecular formula is C17H18BrNO3. The fraction of sp³-hybridized carbons (Fsp3) is 0.176. The van der Waals surface area contributed by atoms with E-state index >= 15 is 0 Å². The van der Waals surface area contributed by atoms with E-state index < -0.39 is 5.97 Å². The normalized spacial score (nSPS) is 9.59. The van der Waals surface area contributed by atoms with Crippen LogP contribution < -0.4 is 5.73 Å². The largest absolute Gasteiger partial charge is 0.481 e. The number of carbonyl (C=O) groups excluding carboxylic acids is 1. The molecule has 0 radical (unpaired) electrons. The van der Waals surface area contributed by atoms with E-state index in [9.17, 15) is 4.79 Å². The van der Waals surface area contributed by atoms with Crippen LogP contribution in [0, 0.1) is 0 Å². The number of benzene rings is 2. The van der Waals surface area contributed by atoms with E-state index in [0.717, 1.165) is 23.4 Å². The second-order valence-electron chi connectivity index (χ2n) is 4.59. The zero-order chi connectivity index (χ0) is 16.7. The van der Waals surface area contributed by atoms with Gasteiger partial charge in [-0.05, 0) is 42.3 Å². The fourth-order valence-electron chi connectivity index (χ4n) is 1.88. The highest BCUT2D eigenvalue weighted by molar-refractivity contribution is 9.10. The number of carbonyl (C=O) groups is 2. The lowest BCUT2D eigenvalue weighted by atomic mass is 9.98. The standard InChI is InChI=1S/C15H14BrNO.C2H4O2/c1-2-10-4-3-5-13(14(10)17)15(18)11-6-8-12(16)9-7-11;1-2(3)4/h3-9H,2,17H2,1H3;1H3,(H,3,4). The minimum absolute atomic E-state index is 0.0321. The molecule has 3 N–H and O–H groups in total. The number of hydrogen-bond donors (Lipinski definition) is 2. The highest BCUT2D eigenvalue weighted by Gasteiger charge is 2.13. The lowest BCUT2D eigenvalue weighted by Gasteiger charge is -2.09. The Morgan fingerprint density at radius 3 is 2.18 bits per heavy atom. The average Bonchev–Trinajstić information content (AvgIpc) is 2.47.